The van der Waals surface area contributed by atoms with E-state index in [1.807, 2.05) is 30.3 Å². The van der Waals surface area contributed by atoms with Gasteiger partial charge in [-0.1, -0.05) is 18.2 Å². The third-order valence-corrected chi connectivity index (χ3v) is 2.81. The van der Waals surface area contributed by atoms with Gasteiger partial charge in [-0.15, -0.1) is 0 Å². The lowest BCUT2D eigenvalue weighted by Crippen LogP contribution is -2.59. The molecule has 0 aliphatic heterocycles. The number of nitrogens with zero attached hydrogens (tertiary/aromatic N) is 3. The van der Waals surface area contributed by atoms with E-state index in [1.165, 1.54) is 11.0 Å². The molecule has 19 heavy (non-hydrogen) atoms. The van der Waals surface area contributed by atoms with Crippen molar-refractivity contribution in [1.82, 2.24) is 15.0 Å². The Hall–Kier alpha value is -1.80. The van der Waals surface area contributed by atoms with Gasteiger partial charge in [0.15, 0.2) is 0 Å². The monoisotopic (exact) mass is 265 g/mol. The summed E-state index contributed by atoms with van der Waals surface area (Å²) in [7, 11) is 0. The summed E-state index contributed by atoms with van der Waals surface area (Å²) < 4.78 is 0. The van der Waals surface area contributed by atoms with E-state index >= 15 is 0 Å². The second kappa shape index (κ2) is 5.89. The van der Waals surface area contributed by atoms with Crippen molar-refractivity contribution in [3.8, 4) is 5.69 Å². The van der Waals surface area contributed by atoms with Gasteiger partial charge in [-0.2, -0.15) is 15.0 Å². The van der Waals surface area contributed by atoms with Crippen LogP contribution in [-0.4, -0.2) is 49.1 Å². The lowest BCUT2D eigenvalue weighted by Gasteiger charge is -2.18. The first kappa shape index (κ1) is 13.6. The van der Waals surface area contributed by atoms with Crippen LogP contribution in [-0.2, 0) is 0 Å². The summed E-state index contributed by atoms with van der Waals surface area (Å²) in [5.41, 5.74) is 4.41. The van der Waals surface area contributed by atoms with Crippen LogP contribution in [0.15, 0.2) is 36.5 Å². The van der Waals surface area contributed by atoms with Crippen LogP contribution in [0.2, 0.25) is 0 Å². The van der Waals surface area contributed by atoms with E-state index in [1.54, 1.807) is 0 Å². The summed E-state index contributed by atoms with van der Waals surface area (Å²) in [4.78, 5) is 1.35. The fourth-order valence-corrected chi connectivity index (χ4v) is 1.65. The maximum absolute atomic E-state index is 9.90. The van der Waals surface area contributed by atoms with Gasteiger partial charge in [0.25, 0.3) is 0 Å². The van der Waals surface area contributed by atoms with Gasteiger partial charge in [0.1, 0.15) is 30.6 Å². The molecule has 0 amide bonds. The second-order valence-corrected chi connectivity index (χ2v) is 4.19. The topological polar surface area (TPSA) is 119 Å². The highest BCUT2D eigenvalue weighted by molar-refractivity contribution is 5.28. The summed E-state index contributed by atoms with van der Waals surface area (Å²) in [6, 6.07) is 9.19. The molecule has 1 aromatic heterocycles. The van der Waals surface area contributed by atoms with Crippen LogP contribution in [0.4, 0.5) is 0 Å². The van der Waals surface area contributed by atoms with Gasteiger partial charge in [-0.25, -0.2) is 0 Å². The molecule has 3 atom stereocenters. The highest BCUT2D eigenvalue weighted by Gasteiger charge is 2.28. The maximum atomic E-state index is 9.90. The van der Waals surface area contributed by atoms with Crippen molar-refractivity contribution in [2.75, 3.05) is 6.54 Å². The molecule has 0 fully saturated rings. The first-order chi connectivity index (χ1) is 9.13. The van der Waals surface area contributed by atoms with Gasteiger partial charge in [-0.05, 0) is 12.1 Å². The Labute approximate surface area is 109 Å². The van der Waals surface area contributed by atoms with E-state index in [4.69, 9.17) is 0 Å². The van der Waals surface area contributed by atoms with Crippen molar-refractivity contribution >= 4 is 0 Å². The SMILES string of the molecule is [NH3+]C[C@@H](O)[C@H](O)[C@H](O)c1cnn(-c2ccccc2)n1. The molecule has 0 saturated heterocycles. The molecule has 1 heterocycles. The number of hydrogen-bond acceptors (Lipinski definition) is 5. The smallest absolute Gasteiger partial charge is 0.131 e. The van der Waals surface area contributed by atoms with E-state index < -0.39 is 18.3 Å². The quantitative estimate of drug-likeness (QED) is 0.512. The number of para-hydroxylation sites is 1. The van der Waals surface area contributed by atoms with Crippen molar-refractivity contribution in [3.05, 3.63) is 42.2 Å². The molecule has 0 aliphatic carbocycles. The first-order valence-corrected chi connectivity index (χ1v) is 5.94. The maximum Gasteiger partial charge on any atom is 0.131 e. The minimum Gasteiger partial charge on any atom is -0.387 e. The zero-order chi connectivity index (χ0) is 13.8. The van der Waals surface area contributed by atoms with Crippen LogP contribution in [0.1, 0.15) is 11.8 Å². The van der Waals surface area contributed by atoms with Gasteiger partial charge in [0, 0.05) is 0 Å². The normalized spacial score (nSPS) is 16.0. The zero-order valence-electron chi connectivity index (χ0n) is 10.3. The summed E-state index contributed by atoms with van der Waals surface area (Å²) in [5, 5.41) is 37.1. The predicted molar refractivity (Wildman–Crippen MR) is 66.1 cm³/mol. The standard InChI is InChI=1S/C12H16N4O3/c13-6-10(17)12(19)11(18)9-7-14-16(15-9)8-4-2-1-3-5-8/h1-5,7,10-12,17-19H,6,13H2/p+1/t10-,11-,12+/m1/s1. The van der Waals surface area contributed by atoms with Gasteiger partial charge < -0.3 is 21.1 Å². The summed E-state index contributed by atoms with van der Waals surface area (Å²) in [6.07, 6.45) is -2.37. The fraction of sp³-hybridized carbons (Fsp3) is 0.333. The van der Waals surface area contributed by atoms with Gasteiger partial charge in [-0.3, -0.25) is 0 Å². The third kappa shape index (κ3) is 2.96. The van der Waals surface area contributed by atoms with Gasteiger partial charge in [0.2, 0.25) is 0 Å². The number of hydrogen-bond donors (Lipinski definition) is 4. The molecule has 0 spiro atoms. The summed E-state index contributed by atoms with van der Waals surface area (Å²) in [5.74, 6) is 0. The first-order valence-electron chi connectivity index (χ1n) is 5.94. The van der Waals surface area contributed by atoms with Gasteiger partial charge in [0.05, 0.1) is 11.9 Å². The molecular formula is C12H17N4O3+. The number of aliphatic hydroxyl groups is 3. The van der Waals surface area contributed by atoms with E-state index in [9.17, 15) is 15.3 Å². The number of rotatable bonds is 5. The van der Waals surface area contributed by atoms with E-state index in [-0.39, 0.29) is 12.2 Å². The average molecular weight is 265 g/mol. The number of quaternary nitrogens is 1. The second-order valence-electron chi connectivity index (χ2n) is 4.19. The Bertz CT molecular complexity index is 517. The van der Waals surface area contributed by atoms with Crippen molar-refractivity contribution < 1.29 is 21.1 Å². The van der Waals surface area contributed by atoms with E-state index in [0.717, 1.165) is 5.69 Å². The number of aromatic nitrogens is 3. The van der Waals surface area contributed by atoms with Gasteiger partial charge >= 0.3 is 0 Å². The Morgan fingerprint density at radius 1 is 1.16 bits per heavy atom. The van der Waals surface area contributed by atoms with Crippen molar-refractivity contribution in [1.29, 1.82) is 0 Å². The molecule has 1 aromatic carbocycles. The molecule has 7 heteroatoms. The molecule has 7 nitrogen and oxygen atoms in total. The van der Waals surface area contributed by atoms with Crippen LogP contribution in [0.3, 0.4) is 0 Å². The van der Waals surface area contributed by atoms with Crippen molar-refractivity contribution in [2.45, 2.75) is 18.3 Å². The highest BCUT2D eigenvalue weighted by Crippen LogP contribution is 2.16. The molecular weight excluding hydrogens is 248 g/mol. The van der Waals surface area contributed by atoms with Crippen LogP contribution in [0.5, 0.6) is 0 Å². The molecule has 6 N–H and O–H groups in total. The van der Waals surface area contributed by atoms with Crippen LogP contribution < -0.4 is 5.73 Å². The predicted octanol–water partition coefficient (Wildman–Crippen LogP) is -1.74. The largest absolute Gasteiger partial charge is 0.387 e. The number of benzene rings is 1. The van der Waals surface area contributed by atoms with E-state index in [0.29, 0.717) is 0 Å². The Balaban J connectivity index is 2.17. The van der Waals surface area contributed by atoms with E-state index in [2.05, 4.69) is 15.9 Å². The lowest BCUT2D eigenvalue weighted by atomic mass is 10.1. The summed E-state index contributed by atoms with van der Waals surface area (Å²) >= 11 is 0. The molecule has 0 radical (unpaired) electrons. The average Bonchev–Trinajstić information content (AvgIpc) is 2.95. The third-order valence-electron chi connectivity index (χ3n) is 2.81. The van der Waals surface area contributed by atoms with Crippen LogP contribution >= 0.6 is 0 Å². The molecule has 0 aliphatic rings. The molecule has 0 unspecified atom stereocenters. The Morgan fingerprint density at radius 2 is 1.84 bits per heavy atom. The Kier molecular flexibility index (Phi) is 4.23. The van der Waals surface area contributed by atoms with Crippen molar-refractivity contribution in [2.24, 2.45) is 0 Å². The molecule has 2 aromatic rings. The minimum atomic E-state index is -1.33. The fourth-order valence-electron chi connectivity index (χ4n) is 1.65. The Morgan fingerprint density at radius 3 is 2.47 bits per heavy atom. The summed E-state index contributed by atoms with van der Waals surface area (Å²) in [6.45, 7) is 0.102. The van der Waals surface area contributed by atoms with Crippen molar-refractivity contribution in [3.63, 3.8) is 0 Å². The lowest BCUT2D eigenvalue weighted by molar-refractivity contribution is -0.390. The number of aliphatic hydroxyl groups excluding tert-OH is 3. The van der Waals surface area contributed by atoms with Crippen LogP contribution in [0.25, 0.3) is 5.69 Å². The minimum absolute atomic E-state index is 0.102. The highest BCUT2D eigenvalue weighted by atomic mass is 16.4. The van der Waals surface area contributed by atoms with Crippen LogP contribution in [0, 0.1) is 0 Å². The zero-order valence-corrected chi connectivity index (χ0v) is 10.3. The molecule has 0 saturated carbocycles. The molecule has 2 rings (SSSR count). The molecule has 0 bridgehead atoms. The molecule has 102 valence electrons.